The number of carbonyl (C=O) groups is 3. The molecule has 2 aliphatic rings. The van der Waals surface area contributed by atoms with E-state index in [1.807, 2.05) is 72.1 Å². The number of hydrogen-bond acceptors (Lipinski definition) is 8. The third kappa shape index (κ3) is 6.84. The lowest BCUT2D eigenvalue weighted by Crippen LogP contribution is -2.45. The summed E-state index contributed by atoms with van der Waals surface area (Å²) in [4.78, 5) is 45.4. The van der Waals surface area contributed by atoms with Gasteiger partial charge in [0.2, 0.25) is 5.91 Å². The Labute approximate surface area is 257 Å². The third-order valence-electron chi connectivity index (χ3n) is 7.21. The molecule has 220 valence electrons. The number of amides is 3. The largest absolute Gasteiger partial charge is 0.497 e. The van der Waals surface area contributed by atoms with Gasteiger partial charge < -0.3 is 20.1 Å². The van der Waals surface area contributed by atoms with Crippen LogP contribution in [0.4, 0.5) is 9.93 Å². The summed E-state index contributed by atoms with van der Waals surface area (Å²) in [6.07, 6.45) is 1.50. The minimum Gasteiger partial charge on any atom is -0.497 e. The maximum Gasteiger partial charge on any atom is 0.412 e. The Bertz CT molecular complexity index is 1590. The number of nitrogens with zero attached hydrogens (tertiary/aromatic N) is 2. The number of carbonyl (C=O) groups excluding carboxylic acids is 3. The Morgan fingerprint density at radius 1 is 0.977 bits per heavy atom. The molecule has 1 aromatic heterocycles. The molecule has 2 atom stereocenters. The van der Waals surface area contributed by atoms with Gasteiger partial charge in [-0.25, -0.2) is 9.78 Å². The van der Waals surface area contributed by atoms with E-state index in [1.54, 1.807) is 19.2 Å². The lowest BCUT2D eigenvalue weighted by atomic mass is 10.1. The molecular formula is C32H30N4O5S2. The van der Waals surface area contributed by atoms with Crippen LogP contribution >= 0.6 is 23.1 Å². The summed E-state index contributed by atoms with van der Waals surface area (Å²) in [6.45, 7) is 0.0986. The molecule has 1 aliphatic heterocycles. The van der Waals surface area contributed by atoms with Gasteiger partial charge in [-0.3, -0.25) is 14.5 Å². The second kappa shape index (κ2) is 12.9. The molecule has 6 rings (SSSR count). The van der Waals surface area contributed by atoms with E-state index >= 15 is 0 Å². The first-order chi connectivity index (χ1) is 21.0. The molecule has 1 saturated carbocycles. The Hall–Kier alpha value is -4.35. The van der Waals surface area contributed by atoms with E-state index in [0.717, 1.165) is 29.5 Å². The molecule has 43 heavy (non-hydrogen) atoms. The summed E-state index contributed by atoms with van der Waals surface area (Å²) in [5, 5.41) is 7.75. The Morgan fingerprint density at radius 2 is 1.72 bits per heavy atom. The highest BCUT2D eigenvalue weighted by atomic mass is 32.2. The SMILES string of the molecule is COc1ccc(C2SCC(C(=O)Nc3nc(-c4ccc(C(=O)NC5CC5)cc4)cs3)N2C(=O)OCc2ccccc2)cc1. The van der Waals surface area contributed by atoms with Gasteiger partial charge in [0.1, 0.15) is 23.8 Å². The van der Waals surface area contributed by atoms with Gasteiger partial charge in [0, 0.05) is 28.3 Å². The van der Waals surface area contributed by atoms with E-state index in [0.29, 0.717) is 33.9 Å². The van der Waals surface area contributed by atoms with Gasteiger partial charge in [-0.1, -0.05) is 54.6 Å². The van der Waals surface area contributed by atoms with Crippen molar-refractivity contribution < 1.29 is 23.9 Å². The Kier molecular flexibility index (Phi) is 8.62. The first-order valence-electron chi connectivity index (χ1n) is 13.9. The summed E-state index contributed by atoms with van der Waals surface area (Å²) in [7, 11) is 1.60. The van der Waals surface area contributed by atoms with Crippen molar-refractivity contribution in [2.45, 2.75) is 36.9 Å². The van der Waals surface area contributed by atoms with Crippen molar-refractivity contribution >= 4 is 46.1 Å². The third-order valence-corrected chi connectivity index (χ3v) is 9.29. The second-order valence-corrected chi connectivity index (χ2v) is 12.2. The average molecular weight is 615 g/mol. The number of methoxy groups -OCH3 is 1. The quantitative estimate of drug-likeness (QED) is 0.234. The normalized spacial score (nSPS) is 17.7. The number of benzene rings is 3. The van der Waals surface area contributed by atoms with Crippen LogP contribution in [0.5, 0.6) is 5.75 Å². The van der Waals surface area contributed by atoms with E-state index in [-0.39, 0.29) is 18.4 Å². The molecule has 2 fully saturated rings. The zero-order chi connectivity index (χ0) is 29.8. The molecule has 11 heteroatoms. The van der Waals surface area contributed by atoms with Crippen molar-refractivity contribution in [1.82, 2.24) is 15.2 Å². The lowest BCUT2D eigenvalue weighted by Gasteiger charge is -2.28. The minimum absolute atomic E-state index is 0.0745. The number of hydrogen-bond donors (Lipinski definition) is 2. The van der Waals surface area contributed by atoms with Crippen LogP contribution in [0.2, 0.25) is 0 Å². The molecular weight excluding hydrogens is 585 g/mol. The van der Waals surface area contributed by atoms with Crippen LogP contribution in [0, 0.1) is 0 Å². The zero-order valence-corrected chi connectivity index (χ0v) is 25.0. The molecule has 2 unspecified atom stereocenters. The smallest absolute Gasteiger partial charge is 0.412 e. The topological polar surface area (TPSA) is 110 Å². The van der Waals surface area contributed by atoms with Crippen molar-refractivity contribution in [2.75, 3.05) is 18.2 Å². The van der Waals surface area contributed by atoms with Crippen molar-refractivity contribution in [2.24, 2.45) is 0 Å². The number of thiazole rings is 1. The molecule has 1 aliphatic carbocycles. The first-order valence-corrected chi connectivity index (χ1v) is 15.8. The van der Waals surface area contributed by atoms with Gasteiger partial charge in [0.15, 0.2) is 5.13 Å². The molecule has 9 nitrogen and oxygen atoms in total. The monoisotopic (exact) mass is 614 g/mol. The molecule has 2 N–H and O–H groups in total. The van der Waals surface area contributed by atoms with Crippen molar-refractivity contribution in [3.8, 4) is 17.0 Å². The summed E-state index contributed by atoms with van der Waals surface area (Å²) in [5.74, 6) is 0.684. The summed E-state index contributed by atoms with van der Waals surface area (Å²) in [6, 6.07) is 23.7. The van der Waals surface area contributed by atoms with Gasteiger partial charge in [0.05, 0.1) is 12.8 Å². The number of rotatable bonds is 9. The molecule has 1 saturated heterocycles. The number of thioether (sulfide) groups is 1. The maximum absolute atomic E-state index is 13.6. The highest BCUT2D eigenvalue weighted by Gasteiger charge is 2.43. The molecule has 0 radical (unpaired) electrons. The number of nitrogens with one attached hydrogen (secondary N) is 2. The molecule has 4 aromatic rings. The van der Waals surface area contributed by atoms with Crippen LogP contribution in [-0.2, 0) is 16.1 Å². The van der Waals surface area contributed by atoms with Gasteiger partial charge in [-0.05, 0) is 48.2 Å². The molecule has 3 amide bonds. The second-order valence-electron chi connectivity index (χ2n) is 10.3. The van der Waals surface area contributed by atoms with Crippen LogP contribution in [0.15, 0.2) is 84.2 Å². The van der Waals surface area contributed by atoms with E-state index < -0.39 is 17.5 Å². The molecule has 0 spiro atoms. The van der Waals surface area contributed by atoms with Crippen molar-refractivity contribution in [1.29, 1.82) is 0 Å². The molecule has 2 heterocycles. The van der Waals surface area contributed by atoms with E-state index in [4.69, 9.17) is 9.47 Å². The molecule has 0 bridgehead atoms. The summed E-state index contributed by atoms with van der Waals surface area (Å²) >= 11 is 2.80. The van der Waals surface area contributed by atoms with Gasteiger partial charge in [-0.2, -0.15) is 0 Å². The fourth-order valence-electron chi connectivity index (χ4n) is 4.69. The fraction of sp³-hybridized carbons (Fsp3) is 0.250. The van der Waals surface area contributed by atoms with Gasteiger partial charge >= 0.3 is 6.09 Å². The highest BCUT2D eigenvalue weighted by Crippen LogP contribution is 2.42. The predicted molar refractivity (Wildman–Crippen MR) is 167 cm³/mol. The Morgan fingerprint density at radius 3 is 2.42 bits per heavy atom. The number of aromatic nitrogens is 1. The first kappa shape index (κ1) is 28.8. The fourth-order valence-corrected chi connectivity index (χ4v) is 6.83. The van der Waals surface area contributed by atoms with Crippen LogP contribution in [-0.4, -0.2) is 52.7 Å². The lowest BCUT2D eigenvalue weighted by molar-refractivity contribution is -0.120. The van der Waals surface area contributed by atoms with E-state index in [9.17, 15) is 14.4 Å². The van der Waals surface area contributed by atoms with Crippen LogP contribution < -0.4 is 15.4 Å². The Balaban J connectivity index is 1.15. The summed E-state index contributed by atoms with van der Waals surface area (Å²) < 4.78 is 11.0. The average Bonchev–Trinajstić information content (AvgIpc) is 3.54. The van der Waals surface area contributed by atoms with Crippen molar-refractivity contribution in [3.05, 3.63) is 101 Å². The van der Waals surface area contributed by atoms with Gasteiger partial charge in [0.25, 0.3) is 5.91 Å². The maximum atomic E-state index is 13.6. The minimum atomic E-state index is -0.767. The summed E-state index contributed by atoms with van der Waals surface area (Å²) in [5.41, 5.74) is 3.84. The van der Waals surface area contributed by atoms with Crippen LogP contribution in [0.25, 0.3) is 11.3 Å². The van der Waals surface area contributed by atoms with E-state index in [2.05, 4.69) is 15.6 Å². The van der Waals surface area contributed by atoms with Crippen molar-refractivity contribution in [3.63, 3.8) is 0 Å². The molecule has 3 aromatic carbocycles. The highest BCUT2D eigenvalue weighted by molar-refractivity contribution is 7.99. The van der Waals surface area contributed by atoms with E-state index in [1.165, 1.54) is 28.0 Å². The number of anilines is 1. The standard InChI is InChI=1S/C32H30N4O5S2/c1-40-25-15-11-23(12-16-25)30-36(32(39)41-17-20-5-3-2-4-6-20)27(19-42-30)29(38)35-31-34-26(18-43-31)21-7-9-22(10-8-21)28(37)33-24-13-14-24/h2-12,15-16,18,24,27,30H,13-14,17,19H2,1H3,(H,33,37)(H,34,35,38). The predicted octanol–water partition coefficient (Wildman–Crippen LogP) is 6.10. The number of ether oxygens (including phenoxy) is 2. The van der Waals surface area contributed by atoms with Gasteiger partial charge in [-0.15, -0.1) is 23.1 Å². The van der Waals surface area contributed by atoms with Crippen LogP contribution in [0.3, 0.4) is 0 Å². The zero-order valence-electron chi connectivity index (χ0n) is 23.4. The van der Waals surface area contributed by atoms with Crippen LogP contribution in [0.1, 0.15) is 39.7 Å².